The Morgan fingerprint density at radius 2 is 1.59 bits per heavy atom. The monoisotopic (exact) mass is 399 g/mol. The predicted molar refractivity (Wildman–Crippen MR) is 123 cm³/mol. The van der Waals surface area contributed by atoms with Gasteiger partial charge in [0, 0.05) is 10.7 Å². The van der Waals surface area contributed by atoms with Crippen molar-refractivity contribution in [1.82, 2.24) is 0 Å². The molecular weight excluding hydrogens is 366 g/mol. The van der Waals surface area contributed by atoms with Gasteiger partial charge >= 0.3 is 0 Å². The standard InChI is InChI=1S/C24H34ClNSi/c1-7-8-18-24(27(5,6)23(2,3)4)22(19-14-16-20(25)17-15-19)26(24)21-12-10-9-11-13-21/h9-17,22H,7-8,18H2,1-6H3/t22-,24+,26?/m0/s1. The van der Waals surface area contributed by atoms with Gasteiger partial charge in [0.15, 0.2) is 0 Å². The highest BCUT2D eigenvalue weighted by Gasteiger charge is 2.72. The fraction of sp³-hybridized carbons (Fsp3) is 0.500. The molecule has 1 fully saturated rings. The van der Waals surface area contributed by atoms with Gasteiger partial charge < -0.3 is 4.90 Å². The second kappa shape index (κ2) is 7.29. The van der Waals surface area contributed by atoms with Crippen molar-refractivity contribution < 1.29 is 0 Å². The molecule has 1 nitrogen and oxygen atoms in total. The SMILES string of the molecule is CCCC[C@@]1([Si](C)(C)C(C)(C)C)[C@H](c2ccc(Cl)cc2)N1c1ccccc1. The van der Waals surface area contributed by atoms with E-state index < -0.39 is 8.07 Å². The Hall–Kier alpha value is -1.25. The fourth-order valence-electron chi connectivity index (χ4n) is 4.68. The average Bonchev–Trinajstić information content (AvgIpc) is 3.31. The van der Waals surface area contributed by atoms with Crippen LogP contribution in [0, 0.1) is 0 Å². The van der Waals surface area contributed by atoms with Gasteiger partial charge in [-0.15, -0.1) is 0 Å². The highest BCUT2D eigenvalue weighted by molar-refractivity contribution is 6.85. The maximum Gasteiger partial charge on any atom is 0.0858 e. The van der Waals surface area contributed by atoms with Gasteiger partial charge in [-0.1, -0.05) is 95.6 Å². The molecule has 0 amide bonds. The normalized spacial score (nSPS) is 22.8. The Bertz CT molecular complexity index is 763. The summed E-state index contributed by atoms with van der Waals surface area (Å²) in [7, 11) is -1.67. The molecule has 1 aliphatic rings. The molecule has 0 spiro atoms. The molecule has 0 aliphatic carbocycles. The zero-order valence-corrected chi connectivity index (χ0v) is 19.5. The number of nitrogens with zero attached hydrogens (tertiary/aromatic N) is 1. The molecule has 1 saturated heterocycles. The molecule has 0 N–H and O–H groups in total. The van der Waals surface area contributed by atoms with E-state index in [0.717, 1.165) is 5.02 Å². The van der Waals surface area contributed by atoms with Crippen LogP contribution in [0.3, 0.4) is 0 Å². The number of benzene rings is 2. The first-order valence-electron chi connectivity index (χ1n) is 10.3. The van der Waals surface area contributed by atoms with E-state index in [4.69, 9.17) is 11.6 Å². The van der Waals surface area contributed by atoms with Gasteiger partial charge in [-0.3, -0.25) is 0 Å². The van der Waals surface area contributed by atoms with Crippen molar-refractivity contribution in [3.05, 3.63) is 65.2 Å². The minimum Gasteiger partial charge on any atom is -0.357 e. The topological polar surface area (TPSA) is 3.01 Å². The maximum atomic E-state index is 6.20. The van der Waals surface area contributed by atoms with Crippen molar-refractivity contribution in [2.75, 3.05) is 4.90 Å². The molecule has 0 saturated carbocycles. The Morgan fingerprint density at radius 1 is 1.00 bits per heavy atom. The van der Waals surface area contributed by atoms with Crippen LogP contribution >= 0.6 is 11.6 Å². The molecule has 27 heavy (non-hydrogen) atoms. The molecule has 146 valence electrons. The fourth-order valence-corrected chi connectivity index (χ4v) is 8.68. The second-order valence-corrected chi connectivity index (χ2v) is 15.6. The Kier molecular flexibility index (Phi) is 5.53. The van der Waals surface area contributed by atoms with E-state index >= 15 is 0 Å². The Labute approximate surface area is 171 Å². The largest absolute Gasteiger partial charge is 0.357 e. The predicted octanol–water partition coefficient (Wildman–Crippen LogP) is 7.88. The summed E-state index contributed by atoms with van der Waals surface area (Å²) in [4.78, 5) is 2.74. The van der Waals surface area contributed by atoms with Crippen LogP contribution in [0.15, 0.2) is 54.6 Å². The lowest BCUT2D eigenvalue weighted by Crippen LogP contribution is -2.54. The van der Waals surface area contributed by atoms with Crippen LogP contribution in [0.5, 0.6) is 0 Å². The Balaban J connectivity index is 2.16. The number of unbranched alkanes of at least 4 members (excludes halogenated alkanes) is 1. The second-order valence-electron chi connectivity index (χ2n) is 9.56. The first-order chi connectivity index (χ1) is 12.7. The average molecular weight is 400 g/mol. The van der Waals surface area contributed by atoms with Gasteiger partial charge in [-0.25, -0.2) is 0 Å². The zero-order valence-electron chi connectivity index (χ0n) is 17.7. The summed E-state index contributed by atoms with van der Waals surface area (Å²) >= 11 is 6.20. The van der Waals surface area contributed by atoms with Crippen molar-refractivity contribution in [3.63, 3.8) is 0 Å². The van der Waals surface area contributed by atoms with Crippen molar-refractivity contribution in [1.29, 1.82) is 0 Å². The van der Waals surface area contributed by atoms with Gasteiger partial charge in [-0.2, -0.15) is 0 Å². The minimum atomic E-state index is -1.67. The van der Waals surface area contributed by atoms with E-state index in [1.165, 1.54) is 30.5 Å². The number of para-hydroxylation sites is 1. The first-order valence-corrected chi connectivity index (χ1v) is 13.6. The van der Waals surface area contributed by atoms with Crippen LogP contribution < -0.4 is 4.90 Å². The molecule has 2 aromatic rings. The van der Waals surface area contributed by atoms with E-state index in [1.807, 2.05) is 0 Å². The van der Waals surface area contributed by atoms with E-state index in [9.17, 15) is 0 Å². The van der Waals surface area contributed by atoms with E-state index in [0.29, 0.717) is 11.1 Å². The summed E-state index contributed by atoms with van der Waals surface area (Å²) in [5, 5.41) is 1.39. The van der Waals surface area contributed by atoms with Crippen molar-refractivity contribution >= 4 is 25.4 Å². The van der Waals surface area contributed by atoms with Gasteiger partial charge in [0.05, 0.1) is 19.3 Å². The number of hydrogen-bond donors (Lipinski definition) is 0. The van der Waals surface area contributed by atoms with Gasteiger partial charge in [0.1, 0.15) is 0 Å². The van der Waals surface area contributed by atoms with Crippen molar-refractivity contribution in [3.8, 4) is 0 Å². The molecule has 0 unspecified atom stereocenters. The molecule has 0 radical (unpaired) electrons. The zero-order chi connectivity index (χ0) is 19.9. The third kappa shape index (κ3) is 3.36. The number of anilines is 1. The molecule has 1 aliphatic heterocycles. The summed E-state index contributed by atoms with van der Waals surface area (Å²) in [6.45, 7) is 14.9. The number of halogens is 1. The summed E-state index contributed by atoms with van der Waals surface area (Å²) < 4.78 is 0. The lowest BCUT2D eigenvalue weighted by molar-refractivity contribution is 0.600. The number of hydrogen-bond acceptors (Lipinski definition) is 1. The summed E-state index contributed by atoms with van der Waals surface area (Å²) in [5.41, 5.74) is 2.77. The third-order valence-corrected chi connectivity index (χ3v) is 14.1. The quantitative estimate of drug-likeness (QED) is 0.352. The maximum absolute atomic E-state index is 6.20. The molecule has 0 bridgehead atoms. The van der Waals surface area contributed by atoms with Crippen LogP contribution in [0.2, 0.25) is 23.2 Å². The molecule has 0 aromatic heterocycles. The highest BCUT2D eigenvalue weighted by atomic mass is 35.5. The molecule has 2 aromatic carbocycles. The van der Waals surface area contributed by atoms with Crippen LogP contribution in [-0.4, -0.2) is 13.2 Å². The molecule has 3 rings (SSSR count). The molecular formula is C24H34ClNSi. The van der Waals surface area contributed by atoms with Crippen LogP contribution in [0.25, 0.3) is 0 Å². The van der Waals surface area contributed by atoms with Crippen LogP contribution in [-0.2, 0) is 0 Å². The summed E-state index contributed by atoms with van der Waals surface area (Å²) in [6.07, 6.45) is 3.79. The summed E-state index contributed by atoms with van der Waals surface area (Å²) in [5.74, 6) is 0. The van der Waals surface area contributed by atoms with Gasteiger partial charge in [-0.05, 0) is 41.3 Å². The molecule has 3 heteroatoms. The minimum absolute atomic E-state index is 0.246. The first kappa shape index (κ1) is 20.5. The van der Waals surface area contributed by atoms with E-state index in [1.54, 1.807) is 0 Å². The highest BCUT2D eigenvalue weighted by Crippen LogP contribution is 2.66. The van der Waals surface area contributed by atoms with E-state index in [-0.39, 0.29) is 5.16 Å². The number of rotatable bonds is 6. The Morgan fingerprint density at radius 3 is 2.11 bits per heavy atom. The molecule has 2 atom stereocenters. The van der Waals surface area contributed by atoms with Crippen LogP contribution in [0.1, 0.15) is 58.6 Å². The van der Waals surface area contributed by atoms with Crippen LogP contribution in [0.4, 0.5) is 5.69 Å². The molecule has 1 heterocycles. The van der Waals surface area contributed by atoms with Crippen molar-refractivity contribution in [2.45, 2.75) is 76.3 Å². The smallest absolute Gasteiger partial charge is 0.0858 e. The third-order valence-electron chi connectivity index (χ3n) is 7.16. The summed E-state index contributed by atoms with van der Waals surface area (Å²) in [6, 6.07) is 20.0. The van der Waals surface area contributed by atoms with E-state index in [2.05, 4.69) is 100 Å². The lowest BCUT2D eigenvalue weighted by atomic mass is 10.1. The van der Waals surface area contributed by atoms with Gasteiger partial charge in [0.25, 0.3) is 0 Å². The lowest BCUT2D eigenvalue weighted by Gasteiger charge is -2.44. The van der Waals surface area contributed by atoms with Crippen molar-refractivity contribution in [2.24, 2.45) is 0 Å². The van der Waals surface area contributed by atoms with Gasteiger partial charge in [0.2, 0.25) is 0 Å².